The first-order valence-electron chi connectivity index (χ1n) is 7.87. The van der Waals surface area contributed by atoms with Crippen LogP contribution in [0.15, 0.2) is 71.6 Å². The Morgan fingerprint density at radius 2 is 1.62 bits per heavy atom. The Morgan fingerprint density at radius 3 is 2.29 bits per heavy atom. The molecular weight excluding hydrogens is 318 g/mol. The second-order valence-corrected chi connectivity index (χ2v) is 7.52. The van der Waals surface area contributed by atoms with Crippen LogP contribution in [0.1, 0.15) is 11.7 Å². The molecule has 3 aromatic carbocycles. The van der Waals surface area contributed by atoms with E-state index in [0.717, 1.165) is 26.9 Å². The van der Waals surface area contributed by atoms with Crippen LogP contribution in [-0.2, 0) is 10.8 Å². The first kappa shape index (κ1) is 16.7. The number of hydrogen-bond donors (Lipinski definition) is 1. The van der Waals surface area contributed by atoms with E-state index in [1.807, 2.05) is 85.7 Å². The topological polar surface area (TPSA) is 40.5 Å². The number of aliphatic hydroxyl groups excluding tert-OH is 1. The van der Waals surface area contributed by atoms with Gasteiger partial charge >= 0.3 is 0 Å². The Labute approximate surface area is 145 Å². The molecule has 2 unspecified atom stereocenters. The molecule has 0 fully saturated rings. The van der Waals surface area contributed by atoms with Gasteiger partial charge in [-0.05, 0) is 40.6 Å². The molecule has 0 heterocycles. The second-order valence-electron chi connectivity index (χ2n) is 6.02. The van der Waals surface area contributed by atoms with Crippen molar-refractivity contribution in [1.29, 1.82) is 0 Å². The minimum Gasteiger partial charge on any atom is -0.387 e. The average molecular weight is 339 g/mol. The summed E-state index contributed by atoms with van der Waals surface area (Å²) in [5.41, 5.74) is 1.86. The lowest BCUT2D eigenvalue weighted by Crippen LogP contribution is -2.11. The molecule has 1 N–H and O–H groups in total. The van der Waals surface area contributed by atoms with E-state index < -0.39 is 16.9 Å². The Kier molecular flexibility index (Phi) is 4.97. The van der Waals surface area contributed by atoms with Gasteiger partial charge in [0.1, 0.15) is 0 Å². The molecule has 3 rings (SSSR count). The zero-order valence-corrected chi connectivity index (χ0v) is 14.7. The summed E-state index contributed by atoms with van der Waals surface area (Å²) in [6.07, 6.45) is -0.742. The van der Waals surface area contributed by atoms with Gasteiger partial charge in [0.25, 0.3) is 0 Å². The number of rotatable bonds is 5. The average Bonchev–Trinajstić information content (AvgIpc) is 2.61. The molecule has 124 valence electrons. The summed E-state index contributed by atoms with van der Waals surface area (Å²) in [6, 6.07) is 21.5. The third kappa shape index (κ3) is 3.66. The number of nitrogens with zero attached hydrogens (tertiary/aromatic N) is 1. The minimum absolute atomic E-state index is 0.194. The van der Waals surface area contributed by atoms with E-state index >= 15 is 0 Å². The molecule has 4 heteroatoms. The van der Waals surface area contributed by atoms with Gasteiger partial charge in [0.15, 0.2) is 0 Å². The van der Waals surface area contributed by atoms with E-state index in [0.29, 0.717) is 0 Å². The summed E-state index contributed by atoms with van der Waals surface area (Å²) < 4.78 is 12.6. The SMILES string of the molecule is CN(C)c1ccc(C(O)CS(=O)c2ccc3ccccc3c2)cc1. The maximum absolute atomic E-state index is 12.6. The largest absolute Gasteiger partial charge is 0.387 e. The molecule has 0 amide bonds. The highest BCUT2D eigenvalue weighted by atomic mass is 32.2. The summed E-state index contributed by atoms with van der Waals surface area (Å²) >= 11 is 0. The van der Waals surface area contributed by atoms with Crippen LogP contribution in [0.3, 0.4) is 0 Å². The van der Waals surface area contributed by atoms with Crippen molar-refractivity contribution < 1.29 is 9.32 Å². The third-order valence-electron chi connectivity index (χ3n) is 4.09. The lowest BCUT2D eigenvalue weighted by atomic mass is 10.1. The fourth-order valence-electron chi connectivity index (χ4n) is 2.64. The molecule has 0 bridgehead atoms. The molecule has 0 aliphatic rings. The van der Waals surface area contributed by atoms with Crippen molar-refractivity contribution in [1.82, 2.24) is 0 Å². The summed E-state index contributed by atoms with van der Waals surface area (Å²) in [6.45, 7) is 0. The smallest absolute Gasteiger partial charge is 0.0908 e. The normalized spacial score (nSPS) is 13.6. The zero-order chi connectivity index (χ0) is 17.1. The van der Waals surface area contributed by atoms with Crippen LogP contribution in [0.2, 0.25) is 0 Å². The highest BCUT2D eigenvalue weighted by Gasteiger charge is 2.14. The van der Waals surface area contributed by atoms with Gasteiger partial charge in [-0.25, -0.2) is 0 Å². The van der Waals surface area contributed by atoms with Crippen LogP contribution in [0.4, 0.5) is 5.69 Å². The fourth-order valence-corrected chi connectivity index (χ4v) is 3.79. The van der Waals surface area contributed by atoms with Gasteiger partial charge in [0.2, 0.25) is 0 Å². The van der Waals surface area contributed by atoms with E-state index in [2.05, 4.69) is 0 Å². The van der Waals surface area contributed by atoms with Crippen LogP contribution < -0.4 is 4.90 Å². The highest BCUT2D eigenvalue weighted by Crippen LogP contribution is 2.22. The molecule has 0 spiro atoms. The van der Waals surface area contributed by atoms with Crippen LogP contribution in [0.25, 0.3) is 10.8 Å². The van der Waals surface area contributed by atoms with Crippen molar-refractivity contribution in [3.8, 4) is 0 Å². The second kappa shape index (κ2) is 7.16. The lowest BCUT2D eigenvalue weighted by Gasteiger charge is -2.15. The summed E-state index contributed by atoms with van der Waals surface area (Å²) in [5.74, 6) is 0.194. The minimum atomic E-state index is -1.24. The standard InChI is InChI=1S/C20H21NO2S/c1-21(2)18-10-7-16(8-11-18)20(22)14-24(23)19-12-9-15-5-3-4-6-17(15)13-19/h3-13,20,22H,14H2,1-2H3. The van der Waals surface area contributed by atoms with E-state index in [1.54, 1.807) is 0 Å². The highest BCUT2D eigenvalue weighted by molar-refractivity contribution is 7.85. The molecular formula is C20H21NO2S. The zero-order valence-electron chi connectivity index (χ0n) is 13.8. The maximum atomic E-state index is 12.6. The molecule has 0 saturated heterocycles. The third-order valence-corrected chi connectivity index (χ3v) is 5.49. The molecule has 0 aromatic heterocycles. The summed E-state index contributed by atoms with van der Waals surface area (Å²) in [5, 5.41) is 12.6. The predicted molar refractivity (Wildman–Crippen MR) is 101 cm³/mol. The summed E-state index contributed by atoms with van der Waals surface area (Å²) in [7, 11) is 2.70. The van der Waals surface area contributed by atoms with Crippen molar-refractivity contribution >= 4 is 27.3 Å². The Hall–Kier alpha value is -2.17. The van der Waals surface area contributed by atoms with Crippen LogP contribution in [-0.4, -0.2) is 29.2 Å². The van der Waals surface area contributed by atoms with Gasteiger partial charge in [0.05, 0.1) is 22.7 Å². The van der Waals surface area contributed by atoms with E-state index in [-0.39, 0.29) is 5.75 Å². The molecule has 0 aliphatic heterocycles. The van der Waals surface area contributed by atoms with Gasteiger partial charge in [0, 0.05) is 24.7 Å². The monoisotopic (exact) mass is 339 g/mol. The summed E-state index contributed by atoms with van der Waals surface area (Å²) in [4.78, 5) is 2.75. The Balaban J connectivity index is 1.75. The molecule has 0 aliphatic carbocycles. The van der Waals surface area contributed by atoms with Crippen molar-refractivity contribution in [3.05, 3.63) is 72.3 Å². The number of aliphatic hydroxyl groups is 1. The number of fused-ring (bicyclic) bond motifs is 1. The maximum Gasteiger partial charge on any atom is 0.0908 e. The van der Waals surface area contributed by atoms with E-state index in [4.69, 9.17) is 0 Å². The fraction of sp³-hybridized carbons (Fsp3) is 0.200. The quantitative estimate of drug-likeness (QED) is 0.770. The molecule has 3 aromatic rings. The number of anilines is 1. The van der Waals surface area contributed by atoms with Gasteiger partial charge in [-0.2, -0.15) is 0 Å². The van der Waals surface area contributed by atoms with Crippen LogP contribution in [0, 0.1) is 0 Å². The lowest BCUT2D eigenvalue weighted by molar-refractivity contribution is 0.203. The molecule has 0 saturated carbocycles. The van der Waals surface area contributed by atoms with Gasteiger partial charge in [-0.3, -0.25) is 4.21 Å². The molecule has 24 heavy (non-hydrogen) atoms. The van der Waals surface area contributed by atoms with E-state index in [9.17, 15) is 9.32 Å². The Bertz CT molecular complexity index is 859. The number of benzene rings is 3. The molecule has 0 radical (unpaired) electrons. The first-order chi connectivity index (χ1) is 11.5. The van der Waals surface area contributed by atoms with Gasteiger partial charge in [-0.15, -0.1) is 0 Å². The first-order valence-corrected chi connectivity index (χ1v) is 9.19. The van der Waals surface area contributed by atoms with Crippen molar-refractivity contribution in [3.63, 3.8) is 0 Å². The van der Waals surface area contributed by atoms with Gasteiger partial charge < -0.3 is 10.0 Å². The number of hydrogen-bond acceptors (Lipinski definition) is 3. The van der Waals surface area contributed by atoms with Crippen molar-refractivity contribution in [2.24, 2.45) is 0 Å². The van der Waals surface area contributed by atoms with Crippen LogP contribution in [0.5, 0.6) is 0 Å². The van der Waals surface area contributed by atoms with Crippen LogP contribution >= 0.6 is 0 Å². The van der Waals surface area contributed by atoms with E-state index in [1.165, 1.54) is 0 Å². The van der Waals surface area contributed by atoms with Crippen molar-refractivity contribution in [2.75, 3.05) is 24.7 Å². The van der Waals surface area contributed by atoms with Gasteiger partial charge in [-0.1, -0.05) is 42.5 Å². The predicted octanol–water partition coefficient (Wildman–Crippen LogP) is 3.75. The molecule has 3 nitrogen and oxygen atoms in total. The Morgan fingerprint density at radius 1 is 0.958 bits per heavy atom. The molecule has 2 atom stereocenters. The van der Waals surface area contributed by atoms with Crippen molar-refractivity contribution in [2.45, 2.75) is 11.0 Å².